The van der Waals surface area contributed by atoms with Gasteiger partial charge >= 0.3 is 0 Å². The van der Waals surface area contributed by atoms with Crippen molar-refractivity contribution in [3.8, 4) is 17.2 Å². The van der Waals surface area contributed by atoms with Crippen LogP contribution >= 0.6 is 0 Å². The molecule has 5 N–H and O–H groups in total. The van der Waals surface area contributed by atoms with E-state index in [2.05, 4.69) is 22.9 Å². The summed E-state index contributed by atoms with van der Waals surface area (Å²) in [4.78, 5) is 50.8. The molecule has 6 rings (SSSR count). The summed E-state index contributed by atoms with van der Waals surface area (Å²) in [6.45, 7) is 4.85. The number of amides is 4. The van der Waals surface area contributed by atoms with E-state index in [1.165, 1.54) is 4.90 Å². The van der Waals surface area contributed by atoms with Gasteiger partial charge < -0.3 is 40.0 Å². The Kier molecular flexibility index (Phi) is 13.9. The summed E-state index contributed by atoms with van der Waals surface area (Å²) in [6, 6.07) is 26.8. The minimum Gasteiger partial charge on any atom is -0.508 e. The van der Waals surface area contributed by atoms with Crippen molar-refractivity contribution in [2.24, 2.45) is 0 Å². The molecule has 0 bridgehead atoms. The number of carbonyl (C=O) groups excluding carboxylic acids is 4. The maximum absolute atomic E-state index is 13.0. The van der Waals surface area contributed by atoms with Gasteiger partial charge in [0.15, 0.2) is 0 Å². The van der Waals surface area contributed by atoms with E-state index < -0.39 is 11.9 Å². The molecule has 1 fully saturated rings. The molecular formula is C44H48N4O9. The molecule has 13 heteroatoms. The number of imide groups is 1. The molecule has 0 aromatic heterocycles. The number of hydrogen-bond acceptors (Lipinski definition) is 10. The fourth-order valence-electron chi connectivity index (χ4n) is 6.99. The van der Waals surface area contributed by atoms with E-state index in [-0.39, 0.29) is 48.7 Å². The minimum atomic E-state index is -0.662. The number of nitrogens with one attached hydrogen (secondary N) is 3. The van der Waals surface area contributed by atoms with Crippen molar-refractivity contribution in [1.29, 1.82) is 0 Å². The first-order chi connectivity index (χ1) is 27.7. The Balaban J connectivity index is 0.858. The van der Waals surface area contributed by atoms with Crippen molar-refractivity contribution in [2.75, 3.05) is 51.4 Å². The molecule has 4 amide bonds. The van der Waals surface area contributed by atoms with Crippen molar-refractivity contribution < 1.29 is 43.6 Å². The molecule has 0 spiro atoms. The van der Waals surface area contributed by atoms with Crippen LogP contribution in [0.1, 0.15) is 65.2 Å². The molecular weight excluding hydrogens is 729 g/mol. The summed E-state index contributed by atoms with van der Waals surface area (Å²) in [6.07, 6.45) is 1.47. The predicted molar refractivity (Wildman–Crippen MR) is 215 cm³/mol. The summed E-state index contributed by atoms with van der Waals surface area (Å²) in [7, 11) is 0. The van der Waals surface area contributed by atoms with Crippen LogP contribution in [0.15, 0.2) is 91.0 Å². The number of aromatic hydroxyl groups is 2. The molecule has 1 unspecified atom stereocenters. The minimum absolute atomic E-state index is 0.144. The van der Waals surface area contributed by atoms with Crippen molar-refractivity contribution >= 4 is 40.5 Å². The van der Waals surface area contributed by atoms with Crippen molar-refractivity contribution in [3.05, 3.63) is 119 Å². The average Bonchev–Trinajstić information content (AvgIpc) is 3.55. The predicted octanol–water partition coefficient (Wildman–Crippen LogP) is 5.26. The van der Waals surface area contributed by atoms with Gasteiger partial charge in [-0.3, -0.25) is 24.5 Å². The number of fused-ring (bicyclic) bond motifs is 1. The zero-order chi connectivity index (χ0) is 40.1. The van der Waals surface area contributed by atoms with Gasteiger partial charge in [-0.25, -0.2) is 0 Å². The molecule has 298 valence electrons. The van der Waals surface area contributed by atoms with E-state index in [4.69, 9.17) is 14.2 Å². The van der Waals surface area contributed by atoms with E-state index in [9.17, 15) is 29.4 Å². The number of carbonyl (C=O) groups is 4. The second-order valence-corrected chi connectivity index (χ2v) is 13.7. The lowest BCUT2D eigenvalue weighted by Gasteiger charge is -2.29. The Bertz CT molecular complexity index is 2070. The highest BCUT2D eigenvalue weighted by molar-refractivity contribution is 6.06. The number of piperidine rings is 1. The second kappa shape index (κ2) is 19.6. The number of benzene rings is 4. The third-order valence-electron chi connectivity index (χ3n) is 9.85. The molecule has 0 radical (unpaired) electrons. The number of phenolic OH excluding ortho intramolecular Hbond substituents is 2. The third-order valence-corrected chi connectivity index (χ3v) is 9.85. The van der Waals surface area contributed by atoms with Gasteiger partial charge in [0.05, 0.1) is 33.0 Å². The van der Waals surface area contributed by atoms with Gasteiger partial charge in [-0.05, 0) is 89.2 Å². The average molecular weight is 777 g/mol. The maximum atomic E-state index is 13.0. The zero-order valence-electron chi connectivity index (χ0n) is 31.9. The van der Waals surface area contributed by atoms with E-state index in [1.807, 2.05) is 54.6 Å². The molecule has 2 aliphatic rings. The van der Waals surface area contributed by atoms with Crippen LogP contribution in [0.4, 0.5) is 5.69 Å². The fraction of sp³-hybridized carbons (Fsp3) is 0.318. The maximum Gasteiger partial charge on any atom is 0.255 e. The first-order valence-corrected chi connectivity index (χ1v) is 19.2. The Morgan fingerprint density at radius 3 is 2.11 bits per heavy atom. The normalized spacial score (nSPS) is 15.5. The summed E-state index contributed by atoms with van der Waals surface area (Å²) < 4.78 is 17.1. The summed E-state index contributed by atoms with van der Waals surface area (Å²) in [5.41, 5.74) is 7.19. The highest BCUT2D eigenvalue weighted by atomic mass is 16.5. The van der Waals surface area contributed by atoms with Crippen molar-refractivity contribution in [3.63, 3.8) is 0 Å². The Hall–Kier alpha value is -6.18. The standard InChI is InChI=1S/C44H48N4O9/c1-2-35(29-6-12-32(49)13-7-29)42(30-8-14-33(50)15-9-30)31-10-16-34(17-11-31)57-25-22-46-40(51)20-23-55-26-27-56-24-21-45-38-5-3-4-36-37(38)28-48(44(36)54)39-18-19-41(52)47-43(39)53/h3-17,39,45,49-50H,2,18-28H2,1H3,(H,46,51)(H,47,52,53). The monoisotopic (exact) mass is 776 g/mol. The number of anilines is 1. The largest absolute Gasteiger partial charge is 0.508 e. The molecule has 4 aromatic rings. The Labute approximate surface area is 331 Å². The fourth-order valence-corrected chi connectivity index (χ4v) is 6.99. The number of nitrogens with zero attached hydrogens (tertiary/aromatic N) is 1. The van der Waals surface area contributed by atoms with E-state index >= 15 is 0 Å². The van der Waals surface area contributed by atoms with Crippen LogP contribution in [0.5, 0.6) is 17.2 Å². The number of allylic oxidation sites excluding steroid dienone is 1. The Morgan fingerprint density at radius 2 is 1.44 bits per heavy atom. The smallest absolute Gasteiger partial charge is 0.255 e. The number of hydrogen-bond donors (Lipinski definition) is 5. The van der Waals surface area contributed by atoms with Crippen LogP contribution < -0.4 is 20.7 Å². The summed E-state index contributed by atoms with van der Waals surface area (Å²) in [5.74, 6) is -0.0591. The third kappa shape index (κ3) is 10.6. The van der Waals surface area contributed by atoms with Crippen LogP contribution in [0.25, 0.3) is 11.1 Å². The van der Waals surface area contributed by atoms with E-state index in [1.54, 1.807) is 36.4 Å². The van der Waals surface area contributed by atoms with Crippen LogP contribution in [-0.4, -0.2) is 90.9 Å². The lowest BCUT2D eigenvalue weighted by atomic mass is 9.88. The zero-order valence-corrected chi connectivity index (χ0v) is 31.9. The highest BCUT2D eigenvalue weighted by Crippen LogP contribution is 2.36. The molecule has 2 aliphatic heterocycles. The van der Waals surface area contributed by atoms with Crippen LogP contribution in [0, 0.1) is 0 Å². The SMILES string of the molecule is CCC(=C(c1ccc(O)cc1)c1ccc(OCCNC(=O)CCOCCOCCNc2cccc3c2CN(C2CCC(=O)NC2=O)C3=O)cc1)c1ccc(O)cc1. The van der Waals surface area contributed by atoms with E-state index in [0.29, 0.717) is 63.8 Å². The topological polar surface area (TPSA) is 176 Å². The number of rotatable bonds is 19. The van der Waals surface area contributed by atoms with Crippen molar-refractivity contribution in [2.45, 2.75) is 45.2 Å². The molecule has 0 aliphatic carbocycles. The van der Waals surface area contributed by atoms with Gasteiger partial charge in [-0.2, -0.15) is 0 Å². The number of ether oxygens (including phenoxy) is 3. The lowest BCUT2D eigenvalue weighted by molar-refractivity contribution is -0.137. The first-order valence-electron chi connectivity index (χ1n) is 19.2. The van der Waals surface area contributed by atoms with Gasteiger partial charge in [0.1, 0.15) is 29.9 Å². The van der Waals surface area contributed by atoms with E-state index in [0.717, 1.165) is 45.5 Å². The van der Waals surface area contributed by atoms with Crippen LogP contribution in [0.2, 0.25) is 0 Å². The molecule has 1 atom stereocenters. The van der Waals surface area contributed by atoms with Crippen LogP contribution in [-0.2, 0) is 30.4 Å². The van der Waals surface area contributed by atoms with Gasteiger partial charge in [0, 0.05) is 42.7 Å². The van der Waals surface area contributed by atoms with Gasteiger partial charge in [-0.1, -0.05) is 49.4 Å². The lowest BCUT2D eigenvalue weighted by Crippen LogP contribution is -2.52. The first kappa shape index (κ1) is 40.5. The quantitative estimate of drug-likeness (QED) is 0.0480. The molecule has 13 nitrogen and oxygen atoms in total. The summed E-state index contributed by atoms with van der Waals surface area (Å²) in [5, 5.41) is 28.2. The van der Waals surface area contributed by atoms with Crippen LogP contribution in [0.3, 0.4) is 0 Å². The Morgan fingerprint density at radius 1 is 0.789 bits per heavy atom. The molecule has 57 heavy (non-hydrogen) atoms. The second-order valence-electron chi connectivity index (χ2n) is 13.7. The van der Waals surface area contributed by atoms with Gasteiger partial charge in [-0.15, -0.1) is 0 Å². The molecule has 0 saturated carbocycles. The molecule has 1 saturated heterocycles. The molecule has 4 aromatic carbocycles. The van der Waals surface area contributed by atoms with Gasteiger partial charge in [0.25, 0.3) is 5.91 Å². The molecule has 2 heterocycles. The van der Waals surface area contributed by atoms with Gasteiger partial charge in [0.2, 0.25) is 17.7 Å². The number of phenols is 2. The van der Waals surface area contributed by atoms with Crippen molar-refractivity contribution in [1.82, 2.24) is 15.5 Å². The summed E-state index contributed by atoms with van der Waals surface area (Å²) >= 11 is 0. The highest BCUT2D eigenvalue weighted by Gasteiger charge is 2.39.